The van der Waals surface area contributed by atoms with Crippen LogP contribution in [0.2, 0.25) is 0 Å². The molecule has 0 bridgehead atoms. The fourth-order valence-electron chi connectivity index (χ4n) is 3.55. The fraction of sp³-hybridized carbons (Fsp3) is 0.300. The highest BCUT2D eigenvalue weighted by Crippen LogP contribution is 2.22. The molecule has 3 aromatic rings. The molecule has 0 saturated carbocycles. The molecule has 0 spiro atoms. The number of para-hydroxylation sites is 1. The molecule has 1 fully saturated rings. The monoisotopic (exact) mass is 334 g/mol. The number of H-pyrrole nitrogens is 1. The topological polar surface area (TPSA) is 52.2 Å². The average Bonchev–Trinajstić information content (AvgIpc) is 3.05. The Balaban J connectivity index is 1.41. The van der Waals surface area contributed by atoms with Gasteiger partial charge >= 0.3 is 0 Å². The third-order valence-electron chi connectivity index (χ3n) is 4.97. The number of aromatic amines is 1. The van der Waals surface area contributed by atoms with E-state index in [0.29, 0.717) is 6.42 Å². The van der Waals surface area contributed by atoms with Crippen LogP contribution in [-0.4, -0.2) is 47.0 Å². The molecule has 5 nitrogen and oxygen atoms in total. The smallest absolute Gasteiger partial charge is 0.227 e. The molecule has 0 radical (unpaired) electrons. The molecule has 128 valence electrons. The van der Waals surface area contributed by atoms with Crippen molar-refractivity contribution >= 4 is 22.6 Å². The molecule has 2 aromatic heterocycles. The molecule has 25 heavy (non-hydrogen) atoms. The molecule has 0 aliphatic carbocycles. The SMILES string of the molecule is Cc1ccccc1N1CCN(C(=O)Cc2c[nH]c3ncccc23)CC1. The predicted molar refractivity (Wildman–Crippen MR) is 99.8 cm³/mol. The molecule has 0 atom stereocenters. The zero-order valence-corrected chi connectivity index (χ0v) is 14.4. The van der Waals surface area contributed by atoms with Crippen molar-refractivity contribution in [3.8, 4) is 0 Å². The maximum atomic E-state index is 12.7. The van der Waals surface area contributed by atoms with Crippen molar-refractivity contribution in [3.63, 3.8) is 0 Å². The van der Waals surface area contributed by atoms with Crippen LogP contribution in [0, 0.1) is 6.92 Å². The van der Waals surface area contributed by atoms with Gasteiger partial charge in [0.1, 0.15) is 5.65 Å². The number of benzene rings is 1. The van der Waals surface area contributed by atoms with Crippen molar-refractivity contribution in [1.82, 2.24) is 14.9 Å². The molecule has 1 saturated heterocycles. The third kappa shape index (κ3) is 3.09. The van der Waals surface area contributed by atoms with Gasteiger partial charge in [-0.3, -0.25) is 4.79 Å². The fourth-order valence-corrected chi connectivity index (χ4v) is 3.55. The third-order valence-corrected chi connectivity index (χ3v) is 4.97. The first-order valence-electron chi connectivity index (χ1n) is 8.72. The van der Waals surface area contributed by atoms with Gasteiger partial charge in [0.2, 0.25) is 5.91 Å². The summed E-state index contributed by atoms with van der Waals surface area (Å²) >= 11 is 0. The van der Waals surface area contributed by atoms with Crippen molar-refractivity contribution < 1.29 is 4.79 Å². The highest BCUT2D eigenvalue weighted by atomic mass is 16.2. The molecule has 4 rings (SSSR count). The molecule has 0 unspecified atom stereocenters. The Morgan fingerprint density at radius 1 is 1.12 bits per heavy atom. The summed E-state index contributed by atoms with van der Waals surface area (Å²) in [4.78, 5) is 24.5. The summed E-state index contributed by atoms with van der Waals surface area (Å²) < 4.78 is 0. The number of pyridine rings is 1. The maximum Gasteiger partial charge on any atom is 0.227 e. The first kappa shape index (κ1) is 15.7. The number of hydrogen-bond acceptors (Lipinski definition) is 3. The van der Waals surface area contributed by atoms with Crippen LogP contribution in [-0.2, 0) is 11.2 Å². The zero-order valence-electron chi connectivity index (χ0n) is 14.4. The number of nitrogens with one attached hydrogen (secondary N) is 1. The van der Waals surface area contributed by atoms with Crippen LogP contribution in [0.1, 0.15) is 11.1 Å². The number of fused-ring (bicyclic) bond motifs is 1. The lowest BCUT2D eigenvalue weighted by Gasteiger charge is -2.36. The van der Waals surface area contributed by atoms with Crippen molar-refractivity contribution in [1.29, 1.82) is 0 Å². The summed E-state index contributed by atoms with van der Waals surface area (Å²) in [7, 11) is 0. The Morgan fingerprint density at radius 2 is 1.92 bits per heavy atom. The van der Waals surface area contributed by atoms with Crippen LogP contribution in [0.15, 0.2) is 48.8 Å². The van der Waals surface area contributed by atoms with E-state index in [1.165, 1.54) is 11.3 Å². The summed E-state index contributed by atoms with van der Waals surface area (Å²) in [6, 6.07) is 12.4. The van der Waals surface area contributed by atoms with E-state index in [-0.39, 0.29) is 5.91 Å². The van der Waals surface area contributed by atoms with Crippen LogP contribution in [0.5, 0.6) is 0 Å². The second kappa shape index (κ2) is 6.59. The Bertz CT molecular complexity index is 893. The van der Waals surface area contributed by atoms with Crippen LogP contribution in [0.3, 0.4) is 0 Å². The van der Waals surface area contributed by atoms with E-state index in [4.69, 9.17) is 0 Å². The largest absolute Gasteiger partial charge is 0.368 e. The van der Waals surface area contributed by atoms with E-state index in [1.54, 1.807) is 6.20 Å². The number of carbonyl (C=O) groups is 1. The summed E-state index contributed by atoms with van der Waals surface area (Å²) in [5.74, 6) is 0.189. The quantitative estimate of drug-likeness (QED) is 0.801. The number of nitrogens with zero attached hydrogens (tertiary/aromatic N) is 3. The molecule has 1 aliphatic rings. The summed E-state index contributed by atoms with van der Waals surface area (Å²) in [6.07, 6.45) is 4.09. The van der Waals surface area contributed by atoms with Crippen molar-refractivity contribution in [2.75, 3.05) is 31.1 Å². The molecule has 1 amide bonds. The Labute approximate surface area is 147 Å². The van der Waals surface area contributed by atoms with Gasteiger partial charge in [0.05, 0.1) is 6.42 Å². The van der Waals surface area contributed by atoms with Crippen LogP contribution in [0.25, 0.3) is 11.0 Å². The predicted octanol–water partition coefficient (Wildman–Crippen LogP) is 2.76. The number of aromatic nitrogens is 2. The van der Waals surface area contributed by atoms with Gasteiger partial charge in [0, 0.05) is 49.6 Å². The summed E-state index contributed by atoms with van der Waals surface area (Å²) in [6.45, 7) is 5.44. The van der Waals surface area contributed by atoms with E-state index in [9.17, 15) is 4.79 Å². The van der Waals surface area contributed by atoms with Crippen molar-refractivity contribution in [2.24, 2.45) is 0 Å². The summed E-state index contributed by atoms with van der Waals surface area (Å²) in [5.41, 5.74) is 4.43. The lowest BCUT2D eigenvalue weighted by molar-refractivity contribution is -0.130. The minimum absolute atomic E-state index is 0.189. The lowest BCUT2D eigenvalue weighted by atomic mass is 10.1. The van der Waals surface area contributed by atoms with E-state index < -0.39 is 0 Å². The Hall–Kier alpha value is -2.82. The minimum Gasteiger partial charge on any atom is -0.368 e. The van der Waals surface area contributed by atoms with Gasteiger partial charge in [0.15, 0.2) is 0 Å². The second-order valence-electron chi connectivity index (χ2n) is 6.54. The number of amides is 1. The van der Waals surface area contributed by atoms with E-state index in [1.807, 2.05) is 23.2 Å². The number of anilines is 1. The number of carbonyl (C=O) groups excluding carboxylic acids is 1. The van der Waals surface area contributed by atoms with Crippen LogP contribution < -0.4 is 4.90 Å². The van der Waals surface area contributed by atoms with Gasteiger partial charge in [-0.1, -0.05) is 18.2 Å². The number of piperazine rings is 1. The maximum absolute atomic E-state index is 12.7. The Morgan fingerprint density at radius 3 is 2.72 bits per heavy atom. The molecular formula is C20H22N4O. The van der Waals surface area contributed by atoms with E-state index >= 15 is 0 Å². The van der Waals surface area contributed by atoms with Gasteiger partial charge < -0.3 is 14.8 Å². The number of rotatable bonds is 3. The van der Waals surface area contributed by atoms with Crippen LogP contribution in [0.4, 0.5) is 5.69 Å². The highest BCUT2D eigenvalue weighted by molar-refractivity contribution is 5.87. The van der Waals surface area contributed by atoms with E-state index in [2.05, 4.69) is 46.1 Å². The van der Waals surface area contributed by atoms with Crippen molar-refractivity contribution in [2.45, 2.75) is 13.3 Å². The zero-order chi connectivity index (χ0) is 17.2. The van der Waals surface area contributed by atoms with Gasteiger partial charge in [-0.25, -0.2) is 4.98 Å². The molecule has 1 N–H and O–H groups in total. The number of aryl methyl sites for hydroxylation is 1. The standard InChI is InChI=1S/C20H22N4O/c1-15-5-2-3-7-18(15)23-9-11-24(12-10-23)19(25)13-16-14-22-20-17(16)6-4-8-21-20/h2-8,14H,9-13H2,1H3,(H,21,22). The number of hydrogen-bond donors (Lipinski definition) is 1. The molecular weight excluding hydrogens is 312 g/mol. The van der Waals surface area contributed by atoms with Gasteiger partial charge in [-0.05, 0) is 36.2 Å². The molecule has 5 heteroatoms. The minimum atomic E-state index is 0.189. The molecule has 1 aliphatic heterocycles. The normalized spacial score (nSPS) is 14.9. The first-order valence-corrected chi connectivity index (χ1v) is 8.72. The molecule has 3 heterocycles. The highest BCUT2D eigenvalue weighted by Gasteiger charge is 2.22. The van der Waals surface area contributed by atoms with E-state index in [0.717, 1.165) is 42.8 Å². The second-order valence-corrected chi connectivity index (χ2v) is 6.54. The summed E-state index contributed by atoms with van der Waals surface area (Å²) in [5, 5.41) is 1.04. The van der Waals surface area contributed by atoms with Gasteiger partial charge in [-0.15, -0.1) is 0 Å². The lowest BCUT2D eigenvalue weighted by Crippen LogP contribution is -2.49. The van der Waals surface area contributed by atoms with Crippen molar-refractivity contribution in [3.05, 3.63) is 59.9 Å². The van der Waals surface area contributed by atoms with Crippen LogP contribution >= 0.6 is 0 Å². The molecule has 1 aromatic carbocycles. The Kier molecular flexibility index (Phi) is 4.14. The van der Waals surface area contributed by atoms with Gasteiger partial charge in [0.25, 0.3) is 0 Å². The van der Waals surface area contributed by atoms with Gasteiger partial charge in [-0.2, -0.15) is 0 Å². The average molecular weight is 334 g/mol. The first-order chi connectivity index (χ1) is 12.2.